The average molecular weight is 311 g/mol. The molecule has 1 aliphatic heterocycles. The SMILES string of the molecule is Cc1cc(N2CCC(N)C(C)C2C)cc(C)c1Br. The van der Waals surface area contributed by atoms with Crippen molar-refractivity contribution in [3.8, 4) is 0 Å². The van der Waals surface area contributed by atoms with Crippen LogP contribution in [0.4, 0.5) is 5.69 Å². The van der Waals surface area contributed by atoms with Crippen LogP contribution in [-0.4, -0.2) is 18.6 Å². The molecule has 0 spiro atoms. The second kappa shape index (κ2) is 5.22. The second-order valence-corrected chi connectivity index (χ2v) is 6.43. The summed E-state index contributed by atoms with van der Waals surface area (Å²) >= 11 is 3.64. The highest BCUT2D eigenvalue weighted by Crippen LogP contribution is 2.32. The minimum atomic E-state index is 0.342. The number of nitrogens with zero attached hydrogens (tertiary/aromatic N) is 1. The Morgan fingerprint density at radius 1 is 1.22 bits per heavy atom. The first-order valence-electron chi connectivity index (χ1n) is 6.70. The zero-order valence-electron chi connectivity index (χ0n) is 11.7. The van der Waals surface area contributed by atoms with E-state index in [0.29, 0.717) is 18.0 Å². The molecule has 1 saturated heterocycles. The molecule has 0 aliphatic carbocycles. The zero-order valence-corrected chi connectivity index (χ0v) is 13.3. The molecule has 1 aromatic rings. The Morgan fingerprint density at radius 3 is 2.33 bits per heavy atom. The van der Waals surface area contributed by atoms with Gasteiger partial charge in [0.15, 0.2) is 0 Å². The molecule has 1 heterocycles. The van der Waals surface area contributed by atoms with Crippen molar-refractivity contribution in [3.63, 3.8) is 0 Å². The first-order valence-corrected chi connectivity index (χ1v) is 7.50. The lowest BCUT2D eigenvalue weighted by molar-refractivity contribution is 0.315. The van der Waals surface area contributed by atoms with E-state index < -0.39 is 0 Å². The summed E-state index contributed by atoms with van der Waals surface area (Å²) in [4.78, 5) is 2.50. The smallest absolute Gasteiger partial charge is 0.0374 e. The van der Waals surface area contributed by atoms with Crippen molar-refractivity contribution in [1.29, 1.82) is 0 Å². The minimum absolute atomic E-state index is 0.342. The van der Waals surface area contributed by atoms with Crippen molar-refractivity contribution < 1.29 is 0 Å². The van der Waals surface area contributed by atoms with E-state index >= 15 is 0 Å². The predicted octanol–water partition coefficient (Wildman–Crippen LogP) is 3.63. The highest BCUT2D eigenvalue weighted by Gasteiger charge is 2.30. The number of hydrogen-bond acceptors (Lipinski definition) is 2. The van der Waals surface area contributed by atoms with Crippen molar-refractivity contribution in [2.75, 3.05) is 11.4 Å². The van der Waals surface area contributed by atoms with Gasteiger partial charge in [0, 0.05) is 28.8 Å². The predicted molar refractivity (Wildman–Crippen MR) is 82.2 cm³/mol. The molecular weight excluding hydrogens is 288 g/mol. The molecule has 2 N–H and O–H groups in total. The van der Waals surface area contributed by atoms with Crippen LogP contribution in [0.15, 0.2) is 16.6 Å². The highest BCUT2D eigenvalue weighted by molar-refractivity contribution is 9.10. The average Bonchev–Trinajstić information content (AvgIpc) is 2.33. The Bertz CT molecular complexity index is 421. The fraction of sp³-hybridized carbons (Fsp3) is 0.600. The number of halogens is 1. The third-order valence-corrected chi connectivity index (χ3v) is 5.63. The third kappa shape index (κ3) is 2.43. The lowest BCUT2D eigenvalue weighted by Gasteiger charge is -2.43. The van der Waals surface area contributed by atoms with E-state index in [2.05, 4.69) is 60.7 Å². The standard InChI is InChI=1S/C15H23BrN2/c1-9-7-13(8-10(2)15(9)16)18-6-5-14(17)11(3)12(18)4/h7-8,11-12,14H,5-6,17H2,1-4H3. The summed E-state index contributed by atoms with van der Waals surface area (Å²) in [5.41, 5.74) is 10.1. The summed E-state index contributed by atoms with van der Waals surface area (Å²) in [6, 6.07) is 5.40. The molecule has 3 unspecified atom stereocenters. The Hall–Kier alpha value is -0.540. The van der Waals surface area contributed by atoms with Crippen molar-refractivity contribution >= 4 is 21.6 Å². The fourth-order valence-corrected chi connectivity index (χ4v) is 3.08. The molecular formula is C15H23BrN2. The quantitative estimate of drug-likeness (QED) is 0.858. The van der Waals surface area contributed by atoms with Crippen molar-refractivity contribution in [2.45, 2.75) is 46.2 Å². The van der Waals surface area contributed by atoms with E-state index in [1.807, 2.05) is 0 Å². The number of piperidine rings is 1. The van der Waals surface area contributed by atoms with Crippen molar-refractivity contribution in [2.24, 2.45) is 11.7 Å². The maximum atomic E-state index is 6.16. The summed E-state index contributed by atoms with van der Waals surface area (Å²) in [5.74, 6) is 0.544. The van der Waals surface area contributed by atoms with Gasteiger partial charge in [-0.1, -0.05) is 22.9 Å². The Labute approximate surface area is 119 Å². The maximum absolute atomic E-state index is 6.16. The van der Waals surface area contributed by atoms with E-state index in [9.17, 15) is 0 Å². The molecule has 3 heteroatoms. The third-order valence-electron chi connectivity index (χ3n) is 4.38. The van der Waals surface area contributed by atoms with Crippen LogP contribution >= 0.6 is 15.9 Å². The van der Waals surface area contributed by atoms with Crippen molar-refractivity contribution in [3.05, 3.63) is 27.7 Å². The largest absolute Gasteiger partial charge is 0.368 e. The number of nitrogens with two attached hydrogens (primary N) is 1. The van der Waals surface area contributed by atoms with Crippen LogP contribution in [0, 0.1) is 19.8 Å². The van der Waals surface area contributed by atoms with Gasteiger partial charge in [-0.25, -0.2) is 0 Å². The van der Waals surface area contributed by atoms with Gasteiger partial charge < -0.3 is 10.6 Å². The number of anilines is 1. The molecule has 1 aliphatic rings. The van der Waals surface area contributed by atoms with Gasteiger partial charge in [0.25, 0.3) is 0 Å². The number of aryl methyl sites for hydroxylation is 2. The van der Waals surface area contributed by atoms with Gasteiger partial charge in [-0.3, -0.25) is 0 Å². The summed E-state index contributed by atoms with van der Waals surface area (Å²) in [5, 5.41) is 0. The van der Waals surface area contributed by atoms with Gasteiger partial charge in [-0.05, 0) is 56.4 Å². The molecule has 100 valence electrons. The topological polar surface area (TPSA) is 29.3 Å². The number of benzene rings is 1. The van der Waals surface area contributed by atoms with Crippen LogP contribution in [0.5, 0.6) is 0 Å². The summed E-state index contributed by atoms with van der Waals surface area (Å²) in [6.07, 6.45) is 1.08. The van der Waals surface area contributed by atoms with Gasteiger partial charge in [-0.15, -0.1) is 0 Å². The van der Waals surface area contributed by atoms with Crippen LogP contribution in [0.1, 0.15) is 31.4 Å². The fourth-order valence-electron chi connectivity index (χ4n) is 2.85. The summed E-state index contributed by atoms with van der Waals surface area (Å²) < 4.78 is 1.22. The molecule has 2 rings (SSSR count). The van der Waals surface area contributed by atoms with Crippen LogP contribution in [0.2, 0.25) is 0 Å². The summed E-state index contributed by atoms with van der Waals surface area (Å²) in [6.45, 7) is 9.93. The van der Waals surface area contributed by atoms with E-state index in [1.54, 1.807) is 0 Å². The van der Waals surface area contributed by atoms with Gasteiger partial charge >= 0.3 is 0 Å². The van der Waals surface area contributed by atoms with E-state index in [4.69, 9.17) is 5.73 Å². The molecule has 0 bridgehead atoms. The van der Waals surface area contributed by atoms with Gasteiger partial charge in [0.1, 0.15) is 0 Å². The van der Waals surface area contributed by atoms with E-state index in [1.165, 1.54) is 21.3 Å². The molecule has 18 heavy (non-hydrogen) atoms. The van der Waals surface area contributed by atoms with Crippen LogP contribution < -0.4 is 10.6 Å². The van der Waals surface area contributed by atoms with Gasteiger partial charge in [-0.2, -0.15) is 0 Å². The molecule has 0 radical (unpaired) electrons. The van der Waals surface area contributed by atoms with Crippen LogP contribution in [0.25, 0.3) is 0 Å². The number of hydrogen-bond donors (Lipinski definition) is 1. The minimum Gasteiger partial charge on any atom is -0.368 e. The van der Waals surface area contributed by atoms with Crippen molar-refractivity contribution in [1.82, 2.24) is 0 Å². The Kier molecular flexibility index (Phi) is 4.02. The molecule has 3 atom stereocenters. The molecule has 1 aromatic carbocycles. The lowest BCUT2D eigenvalue weighted by atomic mass is 9.87. The zero-order chi connectivity index (χ0) is 13.4. The monoisotopic (exact) mass is 310 g/mol. The Balaban J connectivity index is 2.32. The normalized spacial score (nSPS) is 28.6. The van der Waals surface area contributed by atoms with Gasteiger partial charge in [0.2, 0.25) is 0 Å². The molecule has 0 aromatic heterocycles. The van der Waals surface area contributed by atoms with E-state index in [-0.39, 0.29) is 0 Å². The number of rotatable bonds is 1. The highest BCUT2D eigenvalue weighted by atomic mass is 79.9. The Morgan fingerprint density at radius 2 is 1.78 bits per heavy atom. The lowest BCUT2D eigenvalue weighted by Crippen LogP contribution is -2.51. The molecule has 2 nitrogen and oxygen atoms in total. The first kappa shape index (κ1) is 13.9. The van der Waals surface area contributed by atoms with Crippen LogP contribution in [-0.2, 0) is 0 Å². The molecule has 0 amide bonds. The van der Waals surface area contributed by atoms with Gasteiger partial charge in [0.05, 0.1) is 0 Å². The second-order valence-electron chi connectivity index (χ2n) is 5.64. The maximum Gasteiger partial charge on any atom is 0.0374 e. The molecule has 1 fully saturated rings. The van der Waals surface area contributed by atoms with Crippen LogP contribution in [0.3, 0.4) is 0 Å². The van der Waals surface area contributed by atoms with E-state index in [0.717, 1.165) is 13.0 Å². The molecule has 0 saturated carbocycles. The summed E-state index contributed by atoms with van der Waals surface area (Å²) in [7, 11) is 0. The first-order chi connectivity index (χ1) is 8.41.